The number of carbonyl (C=O) groups excluding carboxylic acids is 1. The normalized spacial score (nSPS) is 11.4. The van der Waals surface area contributed by atoms with Crippen molar-refractivity contribution in [3.05, 3.63) is 64.2 Å². The van der Waals surface area contributed by atoms with Gasteiger partial charge in [-0.15, -0.1) is 11.8 Å². The molecule has 0 atom stereocenters. The Bertz CT molecular complexity index is 876. The quantitative estimate of drug-likeness (QED) is 0.223. The Morgan fingerprint density at radius 1 is 1.17 bits per heavy atom. The molecule has 0 saturated carbocycles. The number of carbonyl (C=O) groups is 1. The highest BCUT2D eigenvalue weighted by Crippen LogP contribution is 2.29. The van der Waals surface area contributed by atoms with Crippen LogP contribution < -0.4 is 16.7 Å². The molecule has 0 unspecified atom stereocenters. The summed E-state index contributed by atoms with van der Waals surface area (Å²) in [4.78, 5) is 16.9. The van der Waals surface area contributed by atoms with Crippen LogP contribution in [0, 0.1) is 6.92 Å². The highest BCUT2D eigenvalue weighted by atomic mass is 35.5. The number of nitrogens with two attached hydrogens (primary N) is 2. The molecule has 0 aromatic heterocycles. The summed E-state index contributed by atoms with van der Waals surface area (Å²) in [6, 6.07) is 13.0. The van der Waals surface area contributed by atoms with E-state index >= 15 is 0 Å². The molecule has 2 aromatic carbocycles. The zero-order valence-electron chi connectivity index (χ0n) is 16.8. The summed E-state index contributed by atoms with van der Waals surface area (Å²) in [5, 5.41) is 2.81. The van der Waals surface area contributed by atoms with Gasteiger partial charge in [-0.1, -0.05) is 53.7 Å². The molecule has 2 aromatic rings. The van der Waals surface area contributed by atoms with E-state index in [0.29, 0.717) is 18.0 Å². The zero-order valence-corrected chi connectivity index (χ0v) is 19.2. The fourth-order valence-electron chi connectivity index (χ4n) is 2.65. The molecule has 0 spiro atoms. The van der Waals surface area contributed by atoms with Gasteiger partial charge >= 0.3 is 6.03 Å². The van der Waals surface area contributed by atoms with Crippen LogP contribution in [0.5, 0.6) is 0 Å². The lowest BCUT2D eigenvalue weighted by Gasteiger charge is -2.24. The predicted octanol–water partition coefficient (Wildman–Crippen LogP) is 4.45. The Hall–Kier alpha value is -1.71. The van der Waals surface area contributed by atoms with Gasteiger partial charge in [0.2, 0.25) is 0 Å². The summed E-state index contributed by atoms with van der Waals surface area (Å²) >= 11 is 9.43. The third-order valence-electron chi connectivity index (χ3n) is 4.25. The number of urea groups is 1. The Morgan fingerprint density at radius 3 is 2.55 bits per heavy atom. The minimum absolute atomic E-state index is 0.486. The van der Waals surface area contributed by atoms with Crippen LogP contribution in [0.1, 0.15) is 16.7 Å². The lowest BCUT2D eigenvalue weighted by atomic mass is 10.1. The van der Waals surface area contributed by atoms with Crippen molar-refractivity contribution in [3.8, 4) is 0 Å². The number of benzene rings is 2. The molecule has 0 aliphatic rings. The number of aryl methyl sites for hydroxylation is 1. The molecular weight excluding hydrogens is 426 g/mol. The van der Waals surface area contributed by atoms with Gasteiger partial charge in [-0.2, -0.15) is 0 Å². The lowest BCUT2D eigenvalue weighted by Crippen LogP contribution is -2.49. The molecule has 156 valence electrons. The monoisotopic (exact) mass is 451 g/mol. The average Bonchev–Trinajstić information content (AvgIpc) is 2.71. The van der Waals surface area contributed by atoms with Gasteiger partial charge in [-0.05, 0) is 48.4 Å². The summed E-state index contributed by atoms with van der Waals surface area (Å²) in [5.41, 5.74) is 3.75. The third-order valence-corrected chi connectivity index (χ3v) is 6.76. The minimum atomic E-state index is -0.486. The number of hydrogen-bond acceptors (Lipinski definition) is 6. The number of nitrogens with zero attached hydrogens (tertiary/aromatic N) is 3. The van der Waals surface area contributed by atoms with Gasteiger partial charge < -0.3 is 0 Å². The van der Waals surface area contributed by atoms with Crippen molar-refractivity contribution in [2.75, 3.05) is 24.9 Å². The first kappa shape index (κ1) is 23.6. The van der Waals surface area contributed by atoms with Crippen molar-refractivity contribution in [2.24, 2.45) is 16.7 Å². The number of halogens is 1. The van der Waals surface area contributed by atoms with E-state index in [1.807, 2.05) is 55.6 Å². The first-order valence-electron chi connectivity index (χ1n) is 8.95. The smallest absolute Gasteiger partial charge is 0.271 e. The van der Waals surface area contributed by atoms with Gasteiger partial charge in [-0.3, -0.25) is 10.0 Å². The van der Waals surface area contributed by atoms with E-state index < -0.39 is 6.03 Å². The van der Waals surface area contributed by atoms with Gasteiger partial charge in [-0.25, -0.2) is 21.5 Å². The molecule has 29 heavy (non-hydrogen) atoms. The van der Waals surface area contributed by atoms with E-state index in [9.17, 15) is 4.79 Å². The molecule has 0 heterocycles. The van der Waals surface area contributed by atoms with Crippen LogP contribution in [0.15, 0.2) is 47.5 Å². The number of anilines is 1. The average molecular weight is 452 g/mol. The Kier molecular flexibility index (Phi) is 9.32. The molecule has 0 aliphatic carbocycles. The second kappa shape index (κ2) is 11.5. The van der Waals surface area contributed by atoms with Crippen LogP contribution in [0.2, 0.25) is 5.02 Å². The number of thioether (sulfide) groups is 2. The van der Waals surface area contributed by atoms with Crippen molar-refractivity contribution in [2.45, 2.75) is 19.1 Å². The molecule has 4 N–H and O–H groups in total. The number of amides is 2. The number of rotatable bonds is 6. The molecule has 0 radical (unpaired) electrons. The van der Waals surface area contributed by atoms with Crippen molar-refractivity contribution in [1.29, 1.82) is 0 Å². The Morgan fingerprint density at radius 2 is 1.90 bits per heavy atom. The summed E-state index contributed by atoms with van der Waals surface area (Å²) < 4.78 is 0.970. The zero-order chi connectivity index (χ0) is 21.4. The summed E-state index contributed by atoms with van der Waals surface area (Å²) in [5.74, 6) is 12.2. The van der Waals surface area contributed by atoms with Gasteiger partial charge in [0, 0.05) is 24.4 Å². The van der Waals surface area contributed by atoms with E-state index in [0.717, 1.165) is 42.5 Å². The molecule has 9 heteroatoms. The standard InChI is InChI=1S/C20H26ClN5OS2/c1-14-7-6-10-18(26(23)20(27)25(2)22)16(14)13-29-19(28-3)24-12-11-15-8-4-5-9-17(15)21/h4-10H,11-13,22-23H2,1-3H3. The largest absolute Gasteiger partial charge is 0.352 e. The van der Waals surface area contributed by atoms with Gasteiger partial charge in [0.1, 0.15) is 4.38 Å². The topological polar surface area (TPSA) is 88.0 Å². The number of hydrazine groups is 2. The van der Waals surface area contributed by atoms with E-state index in [1.54, 1.807) is 23.5 Å². The molecule has 0 aliphatic heterocycles. The maximum absolute atomic E-state index is 12.2. The first-order chi connectivity index (χ1) is 13.8. The van der Waals surface area contributed by atoms with Gasteiger partial charge in [0.05, 0.1) is 5.69 Å². The van der Waals surface area contributed by atoms with Crippen molar-refractivity contribution >= 4 is 51.2 Å². The molecule has 0 bridgehead atoms. The van der Waals surface area contributed by atoms with Gasteiger partial charge in [0.25, 0.3) is 0 Å². The number of aliphatic imine (C=N–C) groups is 1. The van der Waals surface area contributed by atoms with Crippen LogP contribution in [0.4, 0.5) is 10.5 Å². The molecule has 0 fully saturated rings. The Balaban J connectivity index is 2.08. The van der Waals surface area contributed by atoms with Crippen LogP contribution in [0.25, 0.3) is 0 Å². The third kappa shape index (κ3) is 6.65. The molecule has 2 rings (SSSR count). The molecule has 2 amide bonds. The van der Waals surface area contributed by atoms with E-state index in [1.165, 1.54) is 7.05 Å². The fraction of sp³-hybridized carbons (Fsp3) is 0.300. The Labute approximate surface area is 185 Å². The van der Waals surface area contributed by atoms with Gasteiger partial charge in [0.15, 0.2) is 0 Å². The summed E-state index contributed by atoms with van der Waals surface area (Å²) in [7, 11) is 1.46. The van der Waals surface area contributed by atoms with Crippen LogP contribution >= 0.6 is 35.1 Å². The van der Waals surface area contributed by atoms with Crippen molar-refractivity contribution in [1.82, 2.24) is 5.01 Å². The lowest BCUT2D eigenvalue weighted by molar-refractivity contribution is 0.216. The van der Waals surface area contributed by atoms with E-state index in [2.05, 4.69) is 0 Å². The van der Waals surface area contributed by atoms with Crippen LogP contribution in [-0.4, -0.2) is 35.3 Å². The number of hydrogen-bond donors (Lipinski definition) is 2. The summed E-state index contributed by atoms with van der Waals surface area (Å²) in [6.07, 6.45) is 2.79. The minimum Gasteiger partial charge on any atom is -0.271 e. The first-order valence-corrected chi connectivity index (χ1v) is 11.5. The second-order valence-corrected chi connectivity index (χ2v) is 8.74. The molecule has 6 nitrogen and oxygen atoms in total. The SMILES string of the molecule is CSC(=NCCc1ccccc1Cl)SCc1c(C)cccc1N(N)C(=O)N(C)N. The van der Waals surface area contributed by atoms with Crippen LogP contribution in [0.3, 0.4) is 0 Å². The van der Waals surface area contributed by atoms with E-state index in [-0.39, 0.29) is 0 Å². The van der Waals surface area contributed by atoms with Crippen molar-refractivity contribution in [3.63, 3.8) is 0 Å². The fourth-order valence-corrected chi connectivity index (χ4v) is 4.57. The van der Waals surface area contributed by atoms with E-state index in [4.69, 9.17) is 28.3 Å². The highest BCUT2D eigenvalue weighted by Gasteiger charge is 2.19. The van der Waals surface area contributed by atoms with Crippen molar-refractivity contribution < 1.29 is 4.79 Å². The molecule has 0 saturated heterocycles. The predicted molar refractivity (Wildman–Crippen MR) is 127 cm³/mol. The highest BCUT2D eigenvalue weighted by molar-refractivity contribution is 8.38. The maximum Gasteiger partial charge on any atom is 0.352 e. The molecular formula is C20H26ClN5OS2. The second-order valence-electron chi connectivity index (χ2n) is 6.32. The summed E-state index contributed by atoms with van der Waals surface area (Å²) in [6.45, 7) is 2.66. The maximum atomic E-state index is 12.2. The van der Waals surface area contributed by atoms with Crippen LogP contribution in [-0.2, 0) is 12.2 Å².